The predicted molar refractivity (Wildman–Crippen MR) is 49.7 cm³/mol. The van der Waals surface area contributed by atoms with Crippen LogP contribution >= 0.6 is 0 Å². The molecular formula is C10H12O3. The van der Waals surface area contributed by atoms with Crippen molar-refractivity contribution in [3.8, 4) is 11.5 Å². The van der Waals surface area contributed by atoms with Gasteiger partial charge in [0.25, 0.3) is 0 Å². The summed E-state index contributed by atoms with van der Waals surface area (Å²) in [6.45, 7) is 1.90. The van der Waals surface area contributed by atoms with E-state index in [2.05, 4.69) is 0 Å². The van der Waals surface area contributed by atoms with Gasteiger partial charge in [-0.05, 0) is 24.6 Å². The van der Waals surface area contributed by atoms with Gasteiger partial charge in [-0.15, -0.1) is 0 Å². The van der Waals surface area contributed by atoms with Crippen molar-refractivity contribution in [2.75, 3.05) is 14.2 Å². The van der Waals surface area contributed by atoms with Crippen LogP contribution in [-0.4, -0.2) is 20.5 Å². The van der Waals surface area contributed by atoms with Crippen LogP contribution in [0.2, 0.25) is 0 Å². The monoisotopic (exact) mass is 180 g/mol. The topological polar surface area (TPSA) is 35.5 Å². The summed E-state index contributed by atoms with van der Waals surface area (Å²) in [5.41, 5.74) is 1.49. The smallest absolute Gasteiger partial charge is 0.171 e. The van der Waals surface area contributed by atoms with E-state index in [0.717, 1.165) is 11.8 Å². The van der Waals surface area contributed by atoms with Crippen LogP contribution in [-0.2, 0) is 0 Å². The maximum absolute atomic E-state index is 10.7. The van der Waals surface area contributed by atoms with E-state index < -0.39 is 0 Å². The Bertz CT molecular complexity index is 318. The standard InChI is InChI=1S/C10H12O3/c1-7-4-8(6-11)10(13-3)9(5-7)12-2/h4-6H,1-3H3. The van der Waals surface area contributed by atoms with Crippen LogP contribution in [0.15, 0.2) is 12.1 Å². The van der Waals surface area contributed by atoms with E-state index in [9.17, 15) is 4.79 Å². The Morgan fingerprint density at radius 2 is 1.92 bits per heavy atom. The van der Waals surface area contributed by atoms with Crippen molar-refractivity contribution < 1.29 is 14.3 Å². The van der Waals surface area contributed by atoms with Gasteiger partial charge in [-0.25, -0.2) is 0 Å². The summed E-state index contributed by atoms with van der Waals surface area (Å²) in [5, 5.41) is 0. The number of hydrogen-bond donors (Lipinski definition) is 0. The van der Waals surface area contributed by atoms with Crippen LogP contribution in [0.25, 0.3) is 0 Å². The van der Waals surface area contributed by atoms with Crippen molar-refractivity contribution in [3.05, 3.63) is 23.3 Å². The maximum atomic E-state index is 10.7. The van der Waals surface area contributed by atoms with Crippen LogP contribution in [0.3, 0.4) is 0 Å². The Labute approximate surface area is 77.3 Å². The molecule has 3 nitrogen and oxygen atoms in total. The molecule has 70 valence electrons. The third kappa shape index (κ3) is 1.80. The number of carbonyl (C=O) groups excluding carboxylic acids is 1. The zero-order chi connectivity index (χ0) is 9.84. The fourth-order valence-corrected chi connectivity index (χ4v) is 1.22. The molecule has 1 aromatic carbocycles. The highest BCUT2D eigenvalue weighted by molar-refractivity contribution is 5.81. The average molecular weight is 180 g/mol. The Kier molecular flexibility index (Phi) is 2.90. The normalized spacial score (nSPS) is 9.46. The van der Waals surface area contributed by atoms with Crippen molar-refractivity contribution in [2.24, 2.45) is 0 Å². The lowest BCUT2D eigenvalue weighted by molar-refractivity contribution is 0.112. The molecule has 1 rings (SSSR count). The maximum Gasteiger partial charge on any atom is 0.171 e. The van der Waals surface area contributed by atoms with Gasteiger partial charge in [0, 0.05) is 0 Å². The minimum absolute atomic E-state index is 0.489. The number of benzene rings is 1. The number of rotatable bonds is 3. The molecule has 0 aliphatic carbocycles. The van der Waals surface area contributed by atoms with Gasteiger partial charge in [0.05, 0.1) is 19.8 Å². The largest absolute Gasteiger partial charge is 0.493 e. The highest BCUT2D eigenvalue weighted by Gasteiger charge is 2.09. The molecule has 0 amide bonds. The fourth-order valence-electron chi connectivity index (χ4n) is 1.22. The molecule has 0 unspecified atom stereocenters. The molecule has 13 heavy (non-hydrogen) atoms. The van der Waals surface area contributed by atoms with Crippen molar-refractivity contribution >= 4 is 6.29 Å². The second-order valence-corrected chi connectivity index (χ2v) is 2.71. The quantitative estimate of drug-likeness (QED) is 0.665. The van der Waals surface area contributed by atoms with Crippen LogP contribution in [0.1, 0.15) is 15.9 Å². The predicted octanol–water partition coefficient (Wildman–Crippen LogP) is 1.82. The van der Waals surface area contributed by atoms with E-state index in [1.807, 2.05) is 13.0 Å². The van der Waals surface area contributed by atoms with E-state index in [-0.39, 0.29) is 0 Å². The molecule has 0 bridgehead atoms. The lowest BCUT2D eigenvalue weighted by Gasteiger charge is -2.10. The summed E-state index contributed by atoms with van der Waals surface area (Å²) >= 11 is 0. The first-order valence-corrected chi connectivity index (χ1v) is 3.90. The Hall–Kier alpha value is -1.51. The number of aryl methyl sites for hydroxylation is 1. The molecule has 0 saturated carbocycles. The van der Waals surface area contributed by atoms with Crippen molar-refractivity contribution in [2.45, 2.75) is 6.92 Å². The molecule has 0 aliphatic rings. The SMILES string of the molecule is COc1cc(C)cc(C=O)c1OC. The molecule has 0 aromatic heterocycles. The van der Waals surface area contributed by atoms with Crippen molar-refractivity contribution in [1.82, 2.24) is 0 Å². The molecule has 0 heterocycles. The fraction of sp³-hybridized carbons (Fsp3) is 0.300. The molecule has 0 spiro atoms. The van der Waals surface area contributed by atoms with Crippen molar-refractivity contribution in [3.63, 3.8) is 0 Å². The first-order chi connectivity index (χ1) is 6.22. The summed E-state index contributed by atoms with van der Waals surface area (Å²) in [5.74, 6) is 1.08. The van der Waals surface area contributed by atoms with Gasteiger partial charge in [-0.2, -0.15) is 0 Å². The Morgan fingerprint density at radius 1 is 1.23 bits per heavy atom. The van der Waals surface area contributed by atoms with E-state index in [0.29, 0.717) is 17.1 Å². The van der Waals surface area contributed by atoms with Gasteiger partial charge in [0.2, 0.25) is 0 Å². The van der Waals surface area contributed by atoms with Gasteiger partial charge in [0.1, 0.15) is 0 Å². The van der Waals surface area contributed by atoms with E-state index in [1.54, 1.807) is 13.2 Å². The molecule has 0 saturated heterocycles. The molecule has 0 fully saturated rings. The molecule has 0 atom stereocenters. The van der Waals surface area contributed by atoms with Gasteiger partial charge >= 0.3 is 0 Å². The third-order valence-electron chi connectivity index (χ3n) is 1.78. The number of ether oxygens (including phenoxy) is 2. The molecule has 0 radical (unpaired) electrons. The molecule has 0 aliphatic heterocycles. The lowest BCUT2D eigenvalue weighted by Crippen LogP contribution is -1.96. The second kappa shape index (κ2) is 3.94. The van der Waals surface area contributed by atoms with Gasteiger partial charge in [0.15, 0.2) is 17.8 Å². The van der Waals surface area contributed by atoms with Crippen LogP contribution in [0.4, 0.5) is 0 Å². The second-order valence-electron chi connectivity index (χ2n) is 2.71. The van der Waals surface area contributed by atoms with Crippen molar-refractivity contribution in [1.29, 1.82) is 0 Å². The first kappa shape index (κ1) is 9.58. The summed E-state index contributed by atoms with van der Waals surface area (Å²) in [6, 6.07) is 3.58. The van der Waals surface area contributed by atoms with Gasteiger partial charge in [-0.1, -0.05) is 0 Å². The molecular weight excluding hydrogens is 168 g/mol. The zero-order valence-corrected chi connectivity index (χ0v) is 7.96. The number of aldehydes is 1. The molecule has 3 heteroatoms. The zero-order valence-electron chi connectivity index (χ0n) is 7.96. The average Bonchev–Trinajstić information content (AvgIpc) is 2.16. The Balaban J connectivity index is 3.33. The summed E-state index contributed by atoms with van der Waals surface area (Å²) in [6.07, 6.45) is 0.758. The number of hydrogen-bond acceptors (Lipinski definition) is 3. The highest BCUT2D eigenvalue weighted by Crippen LogP contribution is 2.31. The third-order valence-corrected chi connectivity index (χ3v) is 1.78. The highest BCUT2D eigenvalue weighted by atomic mass is 16.5. The molecule has 0 N–H and O–H groups in total. The van der Waals surface area contributed by atoms with E-state index in [4.69, 9.17) is 9.47 Å². The molecule has 1 aromatic rings. The first-order valence-electron chi connectivity index (χ1n) is 3.90. The lowest BCUT2D eigenvalue weighted by atomic mass is 10.1. The van der Waals surface area contributed by atoms with Crippen LogP contribution in [0.5, 0.6) is 11.5 Å². The van der Waals surface area contributed by atoms with E-state index >= 15 is 0 Å². The summed E-state index contributed by atoms with van der Waals surface area (Å²) < 4.78 is 10.1. The van der Waals surface area contributed by atoms with Crippen LogP contribution in [0, 0.1) is 6.92 Å². The number of carbonyl (C=O) groups is 1. The summed E-state index contributed by atoms with van der Waals surface area (Å²) in [4.78, 5) is 10.7. The number of methoxy groups -OCH3 is 2. The van der Waals surface area contributed by atoms with E-state index in [1.165, 1.54) is 7.11 Å². The Morgan fingerprint density at radius 3 is 2.38 bits per heavy atom. The summed E-state index contributed by atoms with van der Waals surface area (Å²) in [7, 11) is 3.06. The van der Waals surface area contributed by atoms with Gasteiger partial charge < -0.3 is 9.47 Å². The van der Waals surface area contributed by atoms with Gasteiger partial charge in [-0.3, -0.25) is 4.79 Å². The minimum Gasteiger partial charge on any atom is -0.493 e. The van der Waals surface area contributed by atoms with Crippen LogP contribution < -0.4 is 9.47 Å². The minimum atomic E-state index is 0.489.